The topological polar surface area (TPSA) is 55.4 Å². The highest BCUT2D eigenvalue weighted by atomic mass is 32.2. The molecule has 1 aliphatic heterocycles. The molecule has 1 spiro atoms. The molecule has 2 aliphatic carbocycles. The molecule has 1 aromatic heterocycles. The predicted octanol–water partition coefficient (Wildman–Crippen LogP) is 6.53. The largest absolute Gasteiger partial charge is 0.462 e. The number of ether oxygens (including phenoxy) is 1. The fraction of sp³-hybridized carbons (Fsp3) is 0.520. The molecule has 1 saturated heterocycles. The Hall–Kier alpha value is -1.44. The molecule has 2 unspecified atom stereocenters. The quantitative estimate of drug-likeness (QED) is 0.486. The van der Waals surface area contributed by atoms with E-state index in [1.165, 1.54) is 42.1 Å². The van der Waals surface area contributed by atoms with Crippen LogP contribution >= 0.6 is 34.9 Å². The number of thioether (sulfide) groups is 2. The number of thiophene rings is 1. The van der Waals surface area contributed by atoms with Gasteiger partial charge in [0.2, 0.25) is 5.91 Å². The summed E-state index contributed by atoms with van der Waals surface area (Å²) in [6.07, 6.45) is 5.71. The van der Waals surface area contributed by atoms with E-state index < -0.39 is 0 Å². The summed E-state index contributed by atoms with van der Waals surface area (Å²) in [4.78, 5) is 26.2. The van der Waals surface area contributed by atoms with Gasteiger partial charge < -0.3 is 10.1 Å². The maximum atomic E-state index is 13.4. The Kier molecular flexibility index (Phi) is 6.59. The van der Waals surface area contributed by atoms with Gasteiger partial charge in [-0.25, -0.2) is 4.79 Å². The molecule has 0 radical (unpaired) electrons. The Balaban J connectivity index is 1.38. The molecule has 5 rings (SSSR count). The summed E-state index contributed by atoms with van der Waals surface area (Å²) >= 11 is 5.74. The second-order valence-electron chi connectivity index (χ2n) is 8.84. The molecule has 1 amide bonds. The van der Waals surface area contributed by atoms with Crippen LogP contribution in [0.15, 0.2) is 35.7 Å². The summed E-state index contributed by atoms with van der Waals surface area (Å²) in [5.74, 6) is 3.45. The second kappa shape index (κ2) is 9.43. The number of carbonyl (C=O) groups excluding carboxylic acids is 2. The number of hydrogen-bond acceptors (Lipinski definition) is 6. The number of benzene rings is 1. The molecule has 2 aromatic rings. The highest BCUT2D eigenvalue weighted by Crippen LogP contribution is 2.64. The van der Waals surface area contributed by atoms with Crippen molar-refractivity contribution in [2.75, 3.05) is 23.4 Å². The number of hydrogen-bond donors (Lipinski definition) is 1. The molecule has 7 heteroatoms. The summed E-state index contributed by atoms with van der Waals surface area (Å²) in [5, 5.41) is 5.71. The van der Waals surface area contributed by atoms with Crippen LogP contribution in [0.4, 0.5) is 5.00 Å². The average molecular weight is 488 g/mol. The van der Waals surface area contributed by atoms with Crippen LogP contribution in [0.2, 0.25) is 0 Å². The Labute approximate surface area is 202 Å². The smallest absolute Gasteiger partial charge is 0.341 e. The van der Waals surface area contributed by atoms with Gasteiger partial charge in [-0.3, -0.25) is 4.79 Å². The summed E-state index contributed by atoms with van der Waals surface area (Å²) < 4.78 is 5.71. The Morgan fingerprint density at radius 2 is 1.78 bits per heavy atom. The summed E-state index contributed by atoms with van der Waals surface area (Å²) in [6, 6.07) is 9.83. The van der Waals surface area contributed by atoms with Crippen LogP contribution in [-0.4, -0.2) is 34.1 Å². The minimum Gasteiger partial charge on any atom is -0.462 e. The molecular weight excluding hydrogens is 458 g/mol. The van der Waals surface area contributed by atoms with Crippen LogP contribution in [0.5, 0.6) is 0 Å². The Bertz CT molecular complexity index is 968. The van der Waals surface area contributed by atoms with Gasteiger partial charge in [-0.2, -0.15) is 0 Å². The molecule has 170 valence electrons. The number of amides is 1. The number of esters is 1. The normalized spacial score (nSPS) is 26.1. The van der Waals surface area contributed by atoms with Gasteiger partial charge >= 0.3 is 5.97 Å². The van der Waals surface area contributed by atoms with E-state index >= 15 is 0 Å². The van der Waals surface area contributed by atoms with Gasteiger partial charge in [0, 0.05) is 28.4 Å². The van der Waals surface area contributed by atoms with Crippen molar-refractivity contribution in [3.8, 4) is 11.1 Å². The van der Waals surface area contributed by atoms with E-state index in [-0.39, 0.29) is 17.8 Å². The zero-order chi connectivity index (χ0) is 22.1. The molecule has 3 fully saturated rings. The van der Waals surface area contributed by atoms with Gasteiger partial charge in [-0.05, 0) is 50.0 Å². The lowest BCUT2D eigenvalue weighted by Gasteiger charge is -2.52. The van der Waals surface area contributed by atoms with Gasteiger partial charge in [0.1, 0.15) is 10.6 Å². The third-order valence-electron chi connectivity index (χ3n) is 7.08. The zero-order valence-corrected chi connectivity index (χ0v) is 20.8. The van der Waals surface area contributed by atoms with E-state index in [2.05, 4.69) is 28.8 Å². The number of nitrogens with one attached hydrogen (secondary N) is 1. The van der Waals surface area contributed by atoms with Crippen molar-refractivity contribution < 1.29 is 14.3 Å². The minimum atomic E-state index is -0.374. The molecule has 3 aliphatic rings. The fourth-order valence-corrected chi connectivity index (χ4v) is 10.6. The van der Waals surface area contributed by atoms with Crippen LogP contribution in [0, 0.1) is 17.8 Å². The van der Waals surface area contributed by atoms with E-state index in [9.17, 15) is 9.59 Å². The van der Waals surface area contributed by atoms with E-state index in [0.29, 0.717) is 33.1 Å². The van der Waals surface area contributed by atoms with Crippen molar-refractivity contribution in [1.29, 1.82) is 0 Å². The molecule has 32 heavy (non-hydrogen) atoms. The lowest BCUT2D eigenvalue weighted by atomic mass is 9.67. The van der Waals surface area contributed by atoms with Crippen LogP contribution < -0.4 is 5.32 Å². The summed E-state index contributed by atoms with van der Waals surface area (Å²) in [5.41, 5.74) is 2.25. The first-order chi connectivity index (χ1) is 15.6. The monoisotopic (exact) mass is 487 g/mol. The molecule has 2 heterocycles. The Morgan fingerprint density at radius 1 is 1.09 bits per heavy atom. The molecule has 1 N–H and O–H groups in total. The van der Waals surface area contributed by atoms with Crippen LogP contribution in [0.1, 0.15) is 49.4 Å². The maximum Gasteiger partial charge on any atom is 0.341 e. The van der Waals surface area contributed by atoms with Crippen molar-refractivity contribution in [3.63, 3.8) is 0 Å². The van der Waals surface area contributed by atoms with Crippen molar-refractivity contribution in [2.24, 2.45) is 17.8 Å². The SMILES string of the molecule is CCOC(=O)c1c(-c2ccccc2)csc1NC(=O)C1CC2CCCC(C1)C21SCCS1. The van der Waals surface area contributed by atoms with E-state index in [1.807, 2.05) is 35.7 Å². The third-order valence-corrected chi connectivity index (χ3v) is 12.0. The van der Waals surface area contributed by atoms with Crippen LogP contribution in [-0.2, 0) is 9.53 Å². The van der Waals surface area contributed by atoms with Gasteiger partial charge in [0.05, 0.1) is 10.7 Å². The first-order valence-corrected chi connectivity index (χ1v) is 14.4. The van der Waals surface area contributed by atoms with Gasteiger partial charge in [0.25, 0.3) is 0 Å². The number of carbonyl (C=O) groups is 2. The molecule has 2 atom stereocenters. The van der Waals surface area contributed by atoms with E-state index in [0.717, 1.165) is 24.0 Å². The van der Waals surface area contributed by atoms with Gasteiger partial charge in [0.15, 0.2) is 0 Å². The highest BCUT2D eigenvalue weighted by Gasteiger charge is 2.55. The van der Waals surface area contributed by atoms with Crippen molar-refractivity contribution >= 4 is 51.7 Å². The molecule has 2 bridgehead atoms. The van der Waals surface area contributed by atoms with E-state index in [4.69, 9.17) is 4.74 Å². The standard InChI is InChI=1S/C25H29NO3S3/c1-2-29-24(28)21-20(16-7-4-3-5-8-16)15-30-23(21)26-22(27)17-13-18-9-6-10-19(14-17)25(18)31-11-12-32-25/h3-5,7-8,15,17-19H,2,6,9-14H2,1H3,(H,26,27). The first-order valence-electron chi connectivity index (χ1n) is 11.5. The lowest BCUT2D eigenvalue weighted by Crippen LogP contribution is -2.48. The minimum absolute atomic E-state index is 0.0232. The number of rotatable bonds is 5. The highest BCUT2D eigenvalue weighted by molar-refractivity contribution is 8.21. The van der Waals surface area contributed by atoms with Crippen LogP contribution in [0.25, 0.3) is 11.1 Å². The van der Waals surface area contributed by atoms with Gasteiger partial charge in [-0.1, -0.05) is 36.8 Å². The summed E-state index contributed by atoms with van der Waals surface area (Å²) in [6.45, 7) is 2.11. The zero-order valence-electron chi connectivity index (χ0n) is 18.3. The average Bonchev–Trinajstić information content (AvgIpc) is 3.42. The molecule has 1 aromatic carbocycles. The Morgan fingerprint density at radius 3 is 2.44 bits per heavy atom. The predicted molar refractivity (Wildman–Crippen MR) is 136 cm³/mol. The van der Waals surface area contributed by atoms with Gasteiger partial charge in [-0.15, -0.1) is 34.9 Å². The summed E-state index contributed by atoms with van der Waals surface area (Å²) in [7, 11) is 0. The third kappa shape index (κ3) is 4.01. The van der Waals surface area contributed by atoms with Crippen molar-refractivity contribution in [2.45, 2.75) is 43.1 Å². The van der Waals surface area contributed by atoms with Crippen molar-refractivity contribution in [3.05, 3.63) is 41.3 Å². The van der Waals surface area contributed by atoms with E-state index in [1.54, 1.807) is 6.92 Å². The molecule has 2 saturated carbocycles. The first kappa shape index (κ1) is 22.4. The maximum absolute atomic E-state index is 13.4. The molecule has 4 nitrogen and oxygen atoms in total. The second-order valence-corrected chi connectivity index (χ2v) is 12.7. The van der Waals surface area contributed by atoms with Crippen molar-refractivity contribution in [1.82, 2.24) is 0 Å². The molecular formula is C25H29NO3S3. The number of anilines is 1. The van der Waals surface area contributed by atoms with Crippen LogP contribution in [0.3, 0.4) is 0 Å². The lowest BCUT2D eigenvalue weighted by molar-refractivity contribution is -0.122. The fourth-order valence-electron chi connectivity index (χ4n) is 5.72.